The van der Waals surface area contributed by atoms with Crippen LogP contribution in [0.4, 0.5) is 0 Å². The highest BCUT2D eigenvalue weighted by atomic mass is 79.9. The molecule has 0 aliphatic rings. The Hall–Kier alpha value is -0.340. The number of halogens is 1. The first-order chi connectivity index (χ1) is 4.83. The lowest BCUT2D eigenvalue weighted by molar-refractivity contribution is 0.800. The summed E-state index contributed by atoms with van der Waals surface area (Å²) in [6.07, 6.45) is 0. The van der Waals surface area contributed by atoms with Crippen molar-refractivity contribution in [2.24, 2.45) is 0 Å². The minimum Gasteiger partial charge on any atom is -0.240 e. The summed E-state index contributed by atoms with van der Waals surface area (Å²) in [7, 11) is 1.82. The van der Waals surface area contributed by atoms with Crippen LogP contribution < -0.4 is 5.32 Å². The molecule has 0 heterocycles. The van der Waals surface area contributed by atoms with E-state index in [1.54, 1.807) is 0 Å². The Morgan fingerprint density at radius 1 is 1.30 bits per heavy atom. The third kappa shape index (κ3) is 2.12. The molecule has 0 unspecified atom stereocenters. The molecule has 0 fully saturated rings. The summed E-state index contributed by atoms with van der Waals surface area (Å²) >= 11 is 3.37. The van der Waals surface area contributed by atoms with E-state index in [0.29, 0.717) is 0 Å². The van der Waals surface area contributed by atoms with Crippen molar-refractivity contribution >= 4 is 15.9 Å². The Labute approximate surface area is 69.6 Å². The van der Waals surface area contributed by atoms with Crippen LogP contribution in [0.15, 0.2) is 28.7 Å². The predicted octanol–water partition coefficient (Wildman–Crippen LogP) is 2.18. The normalized spacial score (nSPS) is 9.80. The largest absolute Gasteiger partial charge is 0.240 e. The number of benzene rings is 1. The van der Waals surface area contributed by atoms with Gasteiger partial charge in [0.15, 0.2) is 0 Å². The van der Waals surface area contributed by atoms with Gasteiger partial charge in [-0.3, -0.25) is 0 Å². The van der Waals surface area contributed by atoms with Gasteiger partial charge in [0.05, 0.1) is 0 Å². The molecule has 0 N–H and O–H groups in total. The molecule has 10 heavy (non-hydrogen) atoms. The highest BCUT2D eigenvalue weighted by molar-refractivity contribution is 9.10. The third-order valence-corrected chi connectivity index (χ3v) is 1.78. The van der Waals surface area contributed by atoms with E-state index in [-0.39, 0.29) is 0 Å². The molecule has 1 rings (SSSR count). The van der Waals surface area contributed by atoms with Gasteiger partial charge in [-0.05, 0) is 17.7 Å². The number of hydrogen-bond acceptors (Lipinski definition) is 0. The van der Waals surface area contributed by atoms with E-state index in [1.165, 1.54) is 5.56 Å². The Morgan fingerprint density at radius 3 is 2.40 bits per heavy atom. The first kappa shape index (κ1) is 7.76. The van der Waals surface area contributed by atoms with E-state index >= 15 is 0 Å². The van der Waals surface area contributed by atoms with Crippen molar-refractivity contribution in [3.05, 3.63) is 34.3 Å². The number of hydrogen-bond donors (Lipinski definition) is 0. The molecule has 0 atom stereocenters. The monoisotopic (exact) mass is 198 g/mol. The van der Waals surface area contributed by atoms with Crippen LogP contribution in [0.2, 0.25) is 0 Å². The van der Waals surface area contributed by atoms with Gasteiger partial charge in [0, 0.05) is 18.1 Å². The van der Waals surface area contributed by atoms with Crippen LogP contribution in [0, 0.1) is 0 Å². The first-order valence-electron chi connectivity index (χ1n) is 3.13. The maximum Gasteiger partial charge on any atom is 0.0381 e. The molecule has 53 valence electrons. The van der Waals surface area contributed by atoms with Crippen LogP contribution >= 0.6 is 15.9 Å². The van der Waals surface area contributed by atoms with Gasteiger partial charge in [0.25, 0.3) is 0 Å². The summed E-state index contributed by atoms with van der Waals surface area (Å²) in [5, 5.41) is 4.02. The molecule has 1 nitrogen and oxygen atoms in total. The molecule has 0 bridgehead atoms. The lowest BCUT2D eigenvalue weighted by Gasteiger charge is -1.96. The molecule has 0 saturated carbocycles. The second kappa shape index (κ2) is 3.74. The summed E-state index contributed by atoms with van der Waals surface area (Å²) in [5.74, 6) is 0. The molecule has 1 aromatic rings. The Bertz CT molecular complexity index is 193. The van der Waals surface area contributed by atoms with E-state index in [0.717, 1.165) is 11.0 Å². The van der Waals surface area contributed by atoms with E-state index in [1.807, 2.05) is 19.2 Å². The van der Waals surface area contributed by atoms with Gasteiger partial charge in [-0.1, -0.05) is 28.1 Å². The van der Waals surface area contributed by atoms with Crippen molar-refractivity contribution in [3.63, 3.8) is 0 Å². The zero-order chi connectivity index (χ0) is 7.40. The van der Waals surface area contributed by atoms with E-state index in [4.69, 9.17) is 0 Å². The van der Waals surface area contributed by atoms with Crippen molar-refractivity contribution in [1.29, 1.82) is 0 Å². The fourth-order valence-corrected chi connectivity index (χ4v) is 1.04. The zero-order valence-electron chi connectivity index (χ0n) is 5.84. The van der Waals surface area contributed by atoms with Gasteiger partial charge in [-0.2, -0.15) is 0 Å². The molecular formula is C8H9BrN. The number of nitrogens with zero attached hydrogens (tertiary/aromatic N) is 1. The predicted molar refractivity (Wildman–Crippen MR) is 45.9 cm³/mol. The molecule has 1 aromatic carbocycles. The molecule has 0 amide bonds. The molecule has 0 saturated heterocycles. The van der Waals surface area contributed by atoms with E-state index in [9.17, 15) is 0 Å². The van der Waals surface area contributed by atoms with Crippen LogP contribution in [-0.2, 0) is 6.54 Å². The van der Waals surface area contributed by atoms with Crippen molar-refractivity contribution in [2.45, 2.75) is 6.54 Å². The Balaban J connectivity index is 2.69. The molecular weight excluding hydrogens is 190 g/mol. The highest BCUT2D eigenvalue weighted by Gasteiger charge is 1.89. The van der Waals surface area contributed by atoms with Gasteiger partial charge in [-0.25, -0.2) is 5.32 Å². The second-order valence-electron chi connectivity index (χ2n) is 2.10. The molecule has 2 heteroatoms. The summed E-state index contributed by atoms with van der Waals surface area (Å²) in [5.41, 5.74) is 1.26. The molecule has 0 aliphatic carbocycles. The summed E-state index contributed by atoms with van der Waals surface area (Å²) in [6, 6.07) is 8.19. The molecule has 0 spiro atoms. The van der Waals surface area contributed by atoms with Crippen LogP contribution in [0.3, 0.4) is 0 Å². The summed E-state index contributed by atoms with van der Waals surface area (Å²) in [6.45, 7) is 0.813. The summed E-state index contributed by atoms with van der Waals surface area (Å²) < 4.78 is 1.12. The van der Waals surface area contributed by atoms with Gasteiger partial charge in [0.2, 0.25) is 0 Å². The van der Waals surface area contributed by atoms with Crippen molar-refractivity contribution in [1.82, 2.24) is 5.32 Å². The average Bonchev–Trinajstić information content (AvgIpc) is 1.95. The van der Waals surface area contributed by atoms with Gasteiger partial charge in [0.1, 0.15) is 0 Å². The zero-order valence-corrected chi connectivity index (χ0v) is 7.43. The quantitative estimate of drug-likeness (QED) is 0.693. The maximum absolute atomic E-state index is 4.02. The van der Waals surface area contributed by atoms with Crippen LogP contribution in [0.25, 0.3) is 0 Å². The lowest BCUT2D eigenvalue weighted by atomic mass is 10.2. The van der Waals surface area contributed by atoms with Crippen LogP contribution in [0.1, 0.15) is 5.56 Å². The fraction of sp³-hybridized carbons (Fsp3) is 0.250. The number of rotatable bonds is 2. The smallest absolute Gasteiger partial charge is 0.0381 e. The van der Waals surface area contributed by atoms with Gasteiger partial charge in [-0.15, -0.1) is 0 Å². The highest BCUT2D eigenvalue weighted by Crippen LogP contribution is 2.09. The molecule has 0 aliphatic heterocycles. The first-order valence-corrected chi connectivity index (χ1v) is 3.92. The second-order valence-corrected chi connectivity index (χ2v) is 3.02. The van der Waals surface area contributed by atoms with E-state index in [2.05, 4.69) is 33.4 Å². The topological polar surface area (TPSA) is 14.1 Å². The van der Waals surface area contributed by atoms with Gasteiger partial charge >= 0.3 is 0 Å². The van der Waals surface area contributed by atoms with Crippen LogP contribution in [-0.4, -0.2) is 7.05 Å². The fourth-order valence-electron chi connectivity index (χ4n) is 0.772. The lowest BCUT2D eigenvalue weighted by Crippen LogP contribution is -1.95. The average molecular weight is 199 g/mol. The third-order valence-electron chi connectivity index (χ3n) is 1.25. The SMILES string of the molecule is C[N]Cc1ccc(Br)cc1. The van der Waals surface area contributed by atoms with Gasteiger partial charge < -0.3 is 0 Å². The Kier molecular flexibility index (Phi) is 2.90. The minimum absolute atomic E-state index is 0.813. The van der Waals surface area contributed by atoms with Crippen molar-refractivity contribution in [2.75, 3.05) is 7.05 Å². The van der Waals surface area contributed by atoms with Crippen molar-refractivity contribution < 1.29 is 0 Å². The van der Waals surface area contributed by atoms with Crippen LogP contribution in [0.5, 0.6) is 0 Å². The standard InChI is InChI=1S/C8H9BrN/c1-10-6-7-2-4-8(9)5-3-7/h2-5H,6H2,1H3. The Morgan fingerprint density at radius 2 is 1.90 bits per heavy atom. The summed E-state index contributed by atoms with van der Waals surface area (Å²) in [4.78, 5) is 0. The minimum atomic E-state index is 0.813. The molecule has 0 aromatic heterocycles. The van der Waals surface area contributed by atoms with Crippen molar-refractivity contribution in [3.8, 4) is 0 Å². The molecule has 1 radical (unpaired) electrons. The van der Waals surface area contributed by atoms with E-state index < -0.39 is 0 Å². The maximum atomic E-state index is 4.02.